The Morgan fingerprint density at radius 2 is 1.80 bits per heavy atom. The van der Waals surface area contributed by atoms with E-state index in [4.69, 9.17) is 0 Å². The number of nitrogens with zero attached hydrogens (tertiary/aromatic N) is 3. The molecule has 1 N–H and O–H groups in total. The van der Waals surface area contributed by atoms with Gasteiger partial charge in [-0.25, -0.2) is 5.43 Å². The van der Waals surface area contributed by atoms with E-state index in [1.165, 1.54) is 6.21 Å². The number of nitro benzene ring substituents is 2. The highest BCUT2D eigenvalue weighted by Crippen LogP contribution is 2.24. The number of hydrogen-bond donors (Lipinski definition) is 1. The van der Waals surface area contributed by atoms with Crippen LogP contribution in [-0.2, 0) is 6.42 Å². The van der Waals surface area contributed by atoms with Crippen LogP contribution in [0.15, 0.2) is 53.6 Å². The molecule has 0 aromatic heterocycles. The second-order valence-corrected chi connectivity index (χ2v) is 4.99. The largest absolute Gasteiger partial charge is 0.289 e. The molecular weight excluding hydrogens is 328 g/mol. The van der Waals surface area contributed by atoms with Gasteiger partial charge < -0.3 is 0 Å². The van der Waals surface area contributed by atoms with Gasteiger partial charge in [-0.2, -0.15) is 5.10 Å². The molecule has 0 heterocycles. The first-order chi connectivity index (χ1) is 12.0. The zero-order valence-electron chi connectivity index (χ0n) is 13.0. The Morgan fingerprint density at radius 3 is 2.44 bits per heavy atom. The molecule has 0 unspecified atom stereocenters. The number of rotatable bonds is 7. The van der Waals surface area contributed by atoms with Crippen LogP contribution < -0.4 is 5.43 Å². The molecule has 0 fully saturated rings. The molecule has 1 amide bonds. The number of benzene rings is 2. The van der Waals surface area contributed by atoms with Crippen molar-refractivity contribution in [1.82, 2.24) is 5.43 Å². The highest BCUT2D eigenvalue weighted by molar-refractivity contribution is 5.98. The molecule has 0 aliphatic carbocycles. The van der Waals surface area contributed by atoms with Gasteiger partial charge in [0.1, 0.15) is 5.56 Å². The smallest absolute Gasteiger partial charge is 0.267 e. The summed E-state index contributed by atoms with van der Waals surface area (Å²) >= 11 is 0. The lowest BCUT2D eigenvalue weighted by Crippen LogP contribution is -2.19. The Labute approximate surface area is 142 Å². The predicted molar refractivity (Wildman–Crippen MR) is 90.5 cm³/mol. The van der Waals surface area contributed by atoms with Crippen LogP contribution in [0.1, 0.15) is 22.3 Å². The molecule has 0 bridgehead atoms. The van der Waals surface area contributed by atoms with Crippen LogP contribution in [-0.4, -0.2) is 22.0 Å². The Balaban J connectivity index is 1.99. The summed E-state index contributed by atoms with van der Waals surface area (Å²) in [6.07, 6.45) is 2.80. The summed E-state index contributed by atoms with van der Waals surface area (Å²) in [5.41, 5.74) is 1.90. The molecular formula is C16H14N4O5. The van der Waals surface area contributed by atoms with Crippen LogP contribution in [0, 0.1) is 20.2 Å². The normalized spacial score (nSPS) is 10.6. The quantitative estimate of drug-likeness (QED) is 0.470. The summed E-state index contributed by atoms with van der Waals surface area (Å²) < 4.78 is 0. The highest BCUT2D eigenvalue weighted by atomic mass is 16.6. The van der Waals surface area contributed by atoms with Gasteiger partial charge in [-0.3, -0.25) is 25.0 Å². The number of hydrogen-bond acceptors (Lipinski definition) is 6. The molecule has 0 aliphatic rings. The van der Waals surface area contributed by atoms with Gasteiger partial charge in [-0.1, -0.05) is 30.3 Å². The fourth-order valence-electron chi connectivity index (χ4n) is 2.08. The van der Waals surface area contributed by atoms with Crippen LogP contribution in [0.25, 0.3) is 0 Å². The van der Waals surface area contributed by atoms with Gasteiger partial charge in [0.15, 0.2) is 0 Å². The van der Waals surface area contributed by atoms with Gasteiger partial charge in [0, 0.05) is 12.3 Å². The molecule has 0 spiro atoms. The van der Waals surface area contributed by atoms with E-state index >= 15 is 0 Å². The lowest BCUT2D eigenvalue weighted by Gasteiger charge is -2.02. The Hall–Kier alpha value is -3.62. The minimum atomic E-state index is -0.846. The zero-order chi connectivity index (χ0) is 18.2. The number of hydrazone groups is 1. The van der Waals surface area contributed by atoms with Gasteiger partial charge >= 0.3 is 0 Å². The molecule has 0 radical (unpaired) electrons. The summed E-state index contributed by atoms with van der Waals surface area (Å²) in [5, 5.41) is 25.4. The van der Waals surface area contributed by atoms with Gasteiger partial charge in [-0.05, 0) is 24.5 Å². The van der Waals surface area contributed by atoms with Gasteiger partial charge in [-0.15, -0.1) is 0 Å². The van der Waals surface area contributed by atoms with Crippen LogP contribution >= 0.6 is 0 Å². The Morgan fingerprint density at radius 1 is 1.08 bits per heavy atom. The van der Waals surface area contributed by atoms with Crippen molar-refractivity contribution < 1.29 is 14.6 Å². The molecule has 128 valence electrons. The molecule has 2 aromatic rings. The van der Waals surface area contributed by atoms with Crippen molar-refractivity contribution in [2.45, 2.75) is 12.8 Å². The van der Waals surface area contributed by atoms with E-state index in [2.05, 4.69) is 10.5 Å². The maximum atomic E-state index is 12.0. The third kappa shape index (κ3) is 4.93. The summed E-state index contributed by atoms with van der Waals surface area (Å²) in [4.78, 5) is 32.0. The fraction of sp³-hybridized carbons (Fsp3) is 0.125. The number of carbonyl (C=O) groups excluding carboxylic acids is 1. The van der Waals surface area contributed by atoms with E-state index < -0.39 is 27.1 Å². The van der Waals surface area contributed by atoms with Crippen molar-refractivity contribution in [3.8, 4) is 0 Å². The lowest BCUT2D eigenvalue weighted by atomic mass is 10.1. The molecule has 2 aromatic carbocycles. The first kappa shape index (κ1) is 17.7. The van der Waals surface area contributed by atoms with E-state index in [1.54, 1.807) is 0 Å². The maximum Gasteiger partial charge on any atom is 0.289 e. The third-order valence-corrected chi connectivity index (χ3v) is 3.30. The maximum absolute atomic E-state index is 12.0. The fourth-order valence-corrected chi connectivity index (χ4v) is 2.08. The average molecular weight is 342 g/mol. The number of non-ortho nitro benzene ring substituents is 1. The number of carbonyl (C=O) groups is 1. The molecule has 25 heavy (non-hydrogen) atoms. The van der Waals surface area contributed by atoms with Crippen LogP contribution in [0.2, 0.25) is 0 Å². The van der Waals surface area contributed by atoms with Gasteiger partial charge in [0.25, 0.3) is 17.3 Å². The molecule has 9 heteroatoms. The van der Waals surface area contributed by atoms with E-state index in [-0.39, 0.29) is 5.56 Å². The van der Waals surface area contributed by atoms with Crippen molar-refractivity contribution >= 4 is 23.5 Å². The third-order valence-electron chi connectivity index (χ3n) is 3.30. The first-order valence-corrected chi connectivity index (χ1v) is 7.27. The lowest BCUT2D eigenvalue weighted by molar-refractivity contribution is -0.394. The van der Waals surface area contributed by atoms with Crippen molar-refractivity contribution in [3.63, 3.8) is 0 Å². The summed E-state index contributed by atoms with van der Waals surface area (Å²) in [7, 11) is 0. The second-order valence-electron chi connectivity index (χ2n) is 4.99. The average Bonchev–Trinajstić information content (AvgIpc) is 2.61. The first-order valence-electron chi connectivity index (χ1n) is 7.27. The van der Waals surface area contributed by atoms with Gasteiger partial charge in [0.05, 0.1) is 15.9 Å². The Kier molecular flexibility index (Phi) is 5.88. The van der Waals surface area contributed by atoms with E-state index in [1.807, 2.05) is 30.3 Å². The van der Waals surface area contributed by atoms with Crippen LogP contribution in [0.3, 0.4) is 0 Å². The molecule has 0 saturated carbocycles. The molecule has 0 saturated heterocycles. The van der Waals surface area contributed by atoms with Crippen molar-refractivity contribution in [2.24, 2.45) is 5.10 Å². The summed E-state index contributed by atoms with van der Waals surface area (Å²) in [6, 6.07) is 12.5. The number of nitrogens with one attached hydrogen (secondary N) is 1. The van der Waals surface area contributed by atoms with Gasteiger partial charge in [0.2, 0.25) is 0 Å². The number of amides is 1. The Bertz CT molecular complexity index is 821. The predicted octanol–water partition coefficient (Wildman–Crippen LogP) is 2.85. The van der Waals surface area contributed by atoms with Crippen LogP contribution in [0.5, 0.6) is 0 Å². The number of aryl methyl sites for hydroxylation is 1. The standard InChI is InChI=1S/C16H14N4O5/c21-16(18-17-10-4-7-12-5-2-1-3-6-12)14-9-8-13(19(22)23)11-15(14)20(24)25/h1-3,5-6,8-11H,4,7H2,(H,18,21)/b17-10+. The summed E-state index contributed by atoms with van der Waals surface area (Å²) in [5.74, 6) is -0.808. The SMILES string of the molecule is O=C(N/N=C/CCc1ccccc1)c1ccc([N+](=O)[O-])cc1[N+](=O)[O-]. The zero-order valence-corrected chi connectivity index (χ0v) is 13.0. The topological polar surface area (TPSA) is 128 Å². The minimum absolute atomic E-state index is 0.296. The molecule has 9 nitrogen and oxygen atoms in total. The van der Waals surface area contributed by atoms with E-state index in [9.17, 15) is 25.0 Å². The second kappa shape index (κ2) is 8.29. The monoisotopic (exact) mass is 342 g/mol. The highest BCUT2D eigenvalue weighted by Gasteiger charge is 2.23. The molecule has 2 rings (SSSR count). The van der Waals surface area contributed by atoms with Crippen LogP contribution in [0.4, 0.5) is 11.4 Å². The summed E-state index contributed by atoms with van der Waals surface area (Å²) in [6.45, 7) is 0. The van der Waals surface area contributed by atoms with E-state index in [0.29, 0.717) is 6.42 Å². The number of nitro groups is 2. The van der Waals surface area contributed by atoms with Crippen molar-refractivity contribution in [2.75, 3.05) is 0 Å². The van der Waals surface area contributed by atoms with Crippen molar-refractivity contribution in [1.29, 1.82) is 0 Å². The van der Waals surface area contributed by atoms with Crippen molar-refractivity contribution in [3.05, 3.63) is 79.9 Å². The molecule has 0 atom stereocenters. The molecule has 0 aliphatic heterocycles. The minimum Gasteiger partial charge on any atom is -0.267 e. The van der Waals surface area contributed by atoms with E-state index in [0.717, 1.165) is 30.2 Å².